The molecule has 0 saturated heterocycles. The van der Waals surface area contributed by atoms with E-state index in [4.69, 9.17) is 4.74 Å². The van der Waals surface area contributed by atoms with Crippen molar-refractivity contribution in [3.05, 3.63) is 55.3 Å². The van der Waals surface area contributed by atoms with Crippen molar-refractivity contribution in [2.75, 3.05) is 0 Å². The number of allylic oxidation sites excluding steroid dienone is 2. The second-order valence-electron chi connectivity index (χ2n) is 5.59. The van der Waals surface area contributed by atoms with Crippen molar-refractivity contribution in [1.82, 2.24) is 4.90 Å². The van der Waals surface area contributed by atoms with E-state index in [9.17, 15) is 9.59 Å². The van der Waals surface area contributed by atoms with E-state index in [-0.39, 0.29) is 11.8 Å². The Labute approximate surface area is 131 Å². The third-order valence-electron chi connectivity index (χ3n) is 3.65. The summed E-state index contributed by atoms with van der Waals surface area (Å²) in [6, 6.07) is 8.77. The summed E-state index contributed by atoms with van der Waals surface area (Å²) >= 11 is 0. The van der Waals surface area contributed by atoms with Gasteiger partial charge in [-0.2, -0.15) is 0 Å². The smallest absolute Gasteiger partial charge is 0.410 e. The summed E-state index contributed by atoms with van der Waals surface area (Å²) in [5.74, 6) is 0.893. The summed E-state index contributed by atoms with van der Waals surface area (Å²) in [5, 5.41) is 0. The van der Waals surface area contributed by atoms with Crippen molar-refractivity contribution in [2.24, 2.45) is 5.92 Å². The Morgan fingerprint density at radius 2 is 2.18 bits per heavy atom. The quantitative estimate of drug-likeness (QED) is 0.774. The van der Waals surface area contributed by atoms with Crippen LogP contribution < -0.4 is 4.74 Å². The van der Waals surface area contributed by atoms with Crippen molar-refractivity contribution in [3.63, 3.8) is 0 Å². The average Bonchev–Trinajstić information content (AvgIpc) is 2.48. The maximum absolute atomic E-state index is 12.3. The van der Waals surface area contributed by atoms with Gasteiger partial charge in [0.2, 0.25) is 0 Å². The maximum Gasteiger partial charge on any atom is 0.419 e. The van der Waals surface area contributed by atoms with Crippen LogP contribution in [0.15, 0.2) is 55.3 Å². The summed E-state index contributed by atoms with van der Waals surface area (Å²) < 4.78 is 5.37. The van der Waals surface area contributed by atoms with Crippen LogP contribution in [0.2, 0.25) is 0 Å². The van der Waals surface area contributed by atoms with Gasteiger partial charge in [-0.25, -0.2) is 4.79 Å². The number of ether oxygens (including phenoxy) is 1. The molecule has 2 atom stereocenters. The minimum atomic E-state index is -0.453. The highest BCUT2D eigenvalue weighted by molar-refractivity contribution is 5.92. The Hall–Kier alpha value is -2.36. The SMILES string of the molecule is C=CC[C@@H](C)C[C@@H]1CC(=O)C=CN1C(=O)Oc1ccccc1. The highest BCUT2D eigenvalue weighted by Crippen LogP contribution is 2.23. The maximum atomic E-state index is 12.3. The van der Waals surface area contributed by atoms with Gasteiger partial charge in [-0.1, -0.05) is 31.2 Å². The van der Waals surface area contributed by atoms with Gasteiger partial charge in [0.05, 0.1) is 0 Å². The number of carbonyl (C=O) groups excluding carboxylic acids is 2. The van der Waals surface area contributed by atoms with E-state index >= 15 is 0 Å². The number of amides is 1. The third-order valence-corrected chi connectivity index (χ3v) is 3.65. The molecule has 0 fully saturated rings. The fraction of sp³-hybridized carbons (Fsp3) is 0.333. The number of rotatable bonds is 5. The molecule has 0 saturated carbocycles. The lowest BCUT2D eigenvalue weighted by Gasteiger charge is -2.31. The van der Waals surface area contributed by atoms with Gasteiger partial charge in [-0.15, -0.1) is 6.58 Å². The minimum Gasteiger partial charge on any atom is -0.410 e. The summed E-state index contributed by atoms with van der Waals surface area (Å²) in [6.45, 7) is 5.82. The van der Waals surface area contributed by atoms with Crippen molar-refractivity contribution in [2.45, 2.75) is 32.2 Å². The van der Waals surface area contributed by atoms with Gasteiger partial charge < -0.3 is 4.74 Å². The molecule has 1 aromatic rings. The molecule has 22 heavy (non-hydrogen) atoms. The zero-order chi connectivity index (χ0) is 15.9. The lowest BCUT2D eigenvalue weighted by atomic mass is 9.93. The number of nitrogens with zero attached hydrogens (tertiary/aromatic N) is 1. The molecule has 4 nitrogen and oxygen atoms in total. The lowest BCUT2D eigenvalue weighted by Crippen LogP contribution is -2.42. The minimum absolute atomic E-state index is 0.0413. The van der Waals surface area contributed by atoms with Gasteiger partial charge in [0.25, 0.3) is 0 Å². The normalized spacial score (nSPS) is 18.9. The van der Waals surface area contributed by atoms with Crippen LogP contribution in [0, 0.1) is 5.92 Å². The van der Waals surface area contributed by atoms with E-state index in [1.54, 1.807) is 12.1 Å². The number of carbonyl (C=O) groups is 2. The number of para-hydroxylation sites is 1. The molecule has 0 radical (unpaired) electrons. The predicted molar refractivity (Wildman–Crippen MR) is 85.5 cm³/mol. The van der Waals surface area contributed by atoms with Gasteiger partial charge in [-0.05, 0) is 37.0 Å². The van der Waals surface area contributed by atoms with Gasteiger partial charge in [0, 0.05) is 18.7 Å². The molecule has 0 bridgehead atoms. The van der Waals surface area contributed by atoms with Crippen LogP contribution in [0.3, 0.4) is 0 Å². The molecule has 1 aromatic carbocycles. The first-order valence-corrected chi connectivity index (χ1v) is 7.47. The number of hydrogen-bond acceptors (Lipinski definition) is 3. The monoisotopic (exact) mass is 299 g/mol. The first kappa shape index (κ1) is 16.0. The number of ketones is 1. The first-order valence-electron chi connectivity index (χ1n) is 7.47. The largest absolute Gasteiger partial charge is 0.419 e. The topological polar surface area (TPSA) is 46.6 Å². The van der Waals surface area contributed by atoms with Crippen LogP contribution in [0.4, 0.5) is 4.79 Å². The molecule has 2 rings (SSSR count). The molecule has 0 N–H and O–H groups in total. The average molecular weight is 299 g/mol. The third kappa shape index (κ3) is 4.32. The van der Waals surface area contributed by atoms with Crippen LogP contribution in [0.1, 0.15) is 26.2 Å². The summed E-state index contributed by atoms with van der Waals surface area (Å²) in [5.41, 5.74) is 0. The molecule has 0 unspecified atom stereocenters. The molecular formula is C18H21NO3. The second-order valence-corrected chi connectivity index (χ2v) is 5.59. The molecule has 1 aliphatic rings. The van der Waals surface area contributed by atoms with Crippen molar-refractivity contribution in [1.29, 1.82) is 0 Å². The number of benzene rings is 1. The first-order chi connectivity index (χ1) is 10.6. The highest BCUT2D eigenvalue weighted by atomic mass is 16.6. The molecular weight excluding hydrogens is 278 g/mol. The van der Waals surface area contributed by atoms with E-state index < -0.39 is 6.09 Å². The lowest BCUT2D eigenvalue weighted by molar-refractivity contribution is -0.116. The summed E-state index contributed by atoms with van der Waals surface area (Å²) in [6.07, 6.45) is 6.30. The molecule has 4 heteroatoms. The van der Waals surface area contributed by atoms with E-state index in [1.165, 1.54) is 17.2 Å². The predicted octanol–water partition coefficient (Wildman–Crippen LogP) is 3.94. The zero-order valence-electron chi connectivity index (χ0n) is 12.8. The van der Waals surface area contributed by atoms with Crippen molar-refractivity contribution in [3.8, 4) is 5.75 Å². The van der Waals surface area contributed by atoms with Crippen LogP contribution in [0.25, 0.3) is 0 Å². The van der Waals surface area contributed by atoms with Gasteiger partial charge in [0.15, 0.2) is 5.78 Å². The molecule has 0 aliphatic carbocycles. The highest BCUT2D eigenvalue weighted by Gasteiger charge is 2.29. The Morgan fingerprint density at radius 3 is 2.86 bits per heavy atom. The molecule has 116 valence electrons. The van der Waals surface area contributed by atoms with Crippen LogP contribution in [-0.4, -0.2) is 22.8 Å². The molecule has 1 heterocycles. The zero-order valence-corrected chi connectivity index (χ0v) is 12.8. The van der Waals surface area contributed by atoms with Gasteiger partial charge in [0.1, 0.15) is 5.75 Å². The molecule has 1 aliphatic heterocycles. The molecule has 0 spiro atoms. The standard InChI is InChI=1S/C18H21NO3/c1-3-7-14(2)12-15-13-16(20)10-11-19(15)18(21)22-17-8-5-4-6-9-17/h3-6,8-11,14-15H,1,7,12-13H2,2H3/t14-,15-/m1/s1. The van der Waals surface area contributed by atoms with E-state index in [0.29, 0.717) is 18.1 Å². The Morgan fingerprint density at radius 1 is 1.45 bits per heavy atom. The van der Waals surface area contributed by atoms with Crippen LogP contribution in [-0.2, 0) is 4.79 Å². The van der Waals surface area contributed by atoms with Gasteiger partial charge in [-0.3, -0.25) is 9.69 Å². The Kier molecular flexibility index (Phi) is 5.53. The summed E-state index contributed by atoms with van der Waals surface area (Å²) in [7, 11) is 0. The fourth-order valence-electron chi connectivity index (χ4n) is 2.58. The van der Waals surface area contributed by atoms with Crippen LogP contribution >= 0.6 is 0 Å². The second kappa shape index (κ2) is 7.59. The van der Waals surface area contributed by atoms with E-state index in [2.05, 4.69) is 13.5 Å². The van der Waals surface area contributed by atoms with E-state index in [1.807, 2.05) is 24.3 Å². The Bertz CT molecular complexity index is 565. The molecule has 0 aromatic heterocycles. The Balaban J connectivity index is 2.07. The summed E-state index contributed by atoms with van der Waals surface area (Å²) in [4.78, 5) is 25.5. The van der Waals surface area contributed by atoms with Crippen molar-refractivity contribution < 1.29 is 14.3 Å². The van der Waals surface area contributed by atoms with E-state index in [0.717, 1.165) is 12.8 Å². The van der Waals surface area contributed by atoms with Crippen LogP contribution in [0.5, 0.6) is 5.75 Å². The molecule has 1 amide bonds. The van der Waals surface area contributed by atoms with Gasteiger partial charge >= 0.3 is 6.09 Å². The fourth-order valence-corrected chi connectivity index (χ4v) is 2.58. The number of hydrogen-bond donors (Lipinski definition) is 0. The van der Waals surface area contributed by atoms with Crippen molar-refractivity contribution >= 4 is 11.9 Å².